The summed E-state index contributed by atoms with van der Waals surface area (Å²) in [5, 5.41) is 5.99. The summed E-state index contributed by atoms with van der Waals surface area (Å²) in [5.74, 6) is -1.46. The number of carbonyl (C=O) groups excluding carboxylic acids is 3. The van der Waals surface area contributed by atoms with Gasteiger partial charge in [-0.1, -0.05) is 35.3 Å². The van der Waals surface area contributed by atoms with Crippen molar-refractivity contribution in [3.05, 3.63) is 57.6 Å². The molecule has 0 fully saturated rings. The summed E-state index contributed by atoms with van der Waals surface area (Å²) in [4.78, 5) is 35.6. The van der Waals surface area contributed by atoms with Gasteiger partial charge in [-0.05, 0) is 49.2 Å². The predicted octanol–water partition coefficient (Wildman–Crippen LogP) is 4.51. The molecule has 0 unspecified atom stereocenters. The van der Waals surface area contributed by atoms with E-state index in [1.54, 1.807) is 12.1 Å². The highest BCUT2D eigenvalue weighted by atomic mass is 35.5. The van der Waals surface area contributed by atoms with Crippen LogP contribution in [0, 0.1) is 13.8 Å². The fourth-order valence-electron chi connectivity index (χ4n) is 2.29. The zero-order valence-corrected chi connectivity index (χ0v) is 17.0. The molecule has 0 bridgehead atoms. The maximum Gasteiger partial charge on any atom is 0.306 e. The molecule has 0 spiro atoms. The Morgan fingerprint density at radius 1 is 0.893 bits per heavy atom. The first-order valence-corrected chi connectivity index (χ1v) is 9.28. The lowest BCUT2D eigenvalue weighted by atomic mass is 10.1. The van der Waals surface area contributed by atoms with E-state index >= 15 is 0 Å². The third-order valence-corrected chi connectivity index (χ3v) is 4.53. The second kappa shape index (κ2) is 10.1. The van der Waals surface area contributed by atoms with Gasteiger partial charge >= 0.3 is 5.97 Å². The number of hydrogen-bond acceptors (Lipinski definition) is 4. The number of rotatable bonds is 7. The second-order valence-electron chi connectivity index (χ2n) is 6.20. The molecule has 0 saturated heterocycles. The number of nitrogens with one attached hydrogen (secondary N) is 2. The van der Waals surface area contributed by atoms with Crippen LogP contribution in [-0.4, -0.2) is 24.4 Å². The molecule has 28 heavy (non-hydrogen) atoms. The first-order valence-electron chi connectivity index (χ1n) is 8.52. The second-order valence-corrected chi connectivity index (χ2v) is 7.02. The van der Waals surface area contributed by atoms with Crippen LogP contribution in [0.15, 0.2) is 36.4 Å². The molecule has 0 heterocycles. The first kappa shape index (κ1) is 21.7. The standard InChI is InChI=1S/C20H20Cl2N2O4/c1-12-3-4-13(2)17(9-12)24-19(26)11-28-20(27)8-7-18(25)23-14-5-6-15(21)16(22)10-14/h3-6,9-10H,7-8,11H2,1-2H3,(H,23,25)(H,24,26). The van der Waals surface area contributed by atoms with Gasteiger partial charge in [0.25, 0.3) is 5.91 Å². The molecule has 148 valence electrons. The summed E-state index contributed by atoms with van der Waals surface area (Å²) in [6.45, 7) is 3.37. The minimum Gasteiger partial charge on any atom is -0.456 e. The Labute approximate surface area is 173 Å². The largest absolute Gasteiger partial charge is 0.456 e. The lowest BCUT2D eigenvalue weighted by Gasteiger charge is -2.10. The Hall–Kier alpha value is -2.57. The van der Waals surface area contributed by atoms with Crippen molar-refractivity contribution in [2.24, 2.45) is 0 Å². The van der Waals surface area contributed by atoms with E-state index in [4.69, 9.17) is 27.9 Å². The topological polar surface area (TPSA) is 84.5 Å². The van der Waals surface area contributed by atoms with Crippen molar-refractivity contribution in [3.8, 4) is 0 Å². The molecule has 0 atom stereocenters. The normalized spacial score (nSPS) is 10.3. The van der Waals surface area contributed by atoms with Gasteiger partial charge in [-0.3, -0.25) is 14.4 Å². The van der Waals surface area contributed by atoms with Crippen molar-refractivity contribution in [1.29, 1.82) is 0 Å². The van der Waals surface area contributed by atoms with E-state index < -0.39 is 18.5 Å². The molecule has 2 aromatic rings. The zero-order chi connectivity index (χ0) is 20.7. The van der Waals surface area contributed by atoms with E-state index in [9.17, 15) is 14.4 Å². The number of esters is 1. The van der Waals surface area contributed by atoms with Crippen LogP contribution >= 0.6 is 23.2 Å². The molecule has 2 N–H and O–H groups in total. The average Bonchev–Trinajstić information content (AvgIpc) is 2.64. The summed E-state index contributed by atoms with van der Waals surface area (Å²) < 4.78 is 4.91. The molecule has 2 aromatic carbocycles. The fraction of sp³-hybridized carbons (Fsp3) is 0.250. The van der Waals surface area contributed by atoms with Gasteiger partial charge in [0.1, 0.15) is 0 Å². The lowest BCUT2D eigenvalue weighted by Crippen LogP contribution is -2.22. The van der Waals surface area contributed by atoms with Crippen LogP contribution in [0.3, 0.4) is 0 Å². The molecular weight excluding hydrogens is 403 g/mol. The van der Waals surface area contributed by atoms with Gasteiger partial charge in [-0.15, -0.1) is 0 Å². The number of amides is 2. The number of hydrogen-bond donors (Lipinski definition) is 2. The van der Waals surface area contributed by atoms with Crippen molar-refractivity contribution in [3.63, 3.8) is 0 Å². The number of benzene rings is 2. The van der Waals surface area contributed by atoms with E-state index in [2.05, 4.69) is 10.6 Å². The number of halogens is 2. The molecule has 0 aromatic heterocycles. The highest BCUT2D eigenvalue weighted by molar-refractivity contribution is 6.42. The minimum atomic E-state index is -0.639. The lowest BCUT2D eigenvalue weighted by molar-refractivity contribution is -0.147. The van der Waals surface area contributed by atoms with E-state index in [1.165, 1.54) is 6.07 Å². The quantitative estimate of drug-likeness (QED) is 0.642. The maximum absolute atomic E-state index is 11.9. The van der Waals surface area contributed by atoms with Crippen LogP contribution in [0.5, 0.6) is 0 Å². The molecule has 6 nitrogen and oxygen atoms in total. The summed E-state index contributed by atoms with van der Waals surface area (Å²) >= 11 is 11.7. The van der Waals surface area contributed by atoms with E-state index in [-0.39, 0.29) is 18.7 Å². The van der Waals surface area contributed by atoms with E-state index in [1.807, 2.05) is 32.0 Å². The van der Waals surface area contributed by atoms with Gasteiger partial charge < -0.3 is 15.4 Å². The monoisotopic (exact) mass is 422 g/mol. The minimum absolute atomic E-state index is 0.0856. The van der Waals surface area contributed by atoms with Crippen LogP contribution < -0.4 is 10.6 Å². The summed E-state index contributed by atoms with van der Waals surface area (Å²) in [7, 11) is 0. The van der Waals surface area contributed by atoms with Gasteiger partial charge in [0.05, 0.1) is 16.5 Å². The van der Waals surface area contributed by atoms with Crippen molar-refractivity contribution in [1.82, 2.24) is 0 Å². The molecular formula is C20H20Cl2N2O4. The summed E-state index contributed by atoms with van der Waals surface area (Å²) in [6.07, 6.45) is -0.235. The van der Waals surface area contributed by atoms with Crippen LogP contribution in [-0.2, 0) is 19.1 Å². The van der Waals surface area contributed by atoms with Gasteiger partial charge in [0.2, 0.25) is 5.91 Å². The Morgan fingerprint density at radius 3 is 2.36 bits per heavy atom. The SMILES string of the molecule is Cc1ccc(C)c(NC(=O)COC(=O)CCC(=O)Nc2ccc(Cl)c(Cl)c2)c1. The Kier molecular flexibility index (Phi) is 7.84. The van der Waals surface area contributed by atoms with Crippen molar-refractivity contribution in [2.75, 3.05) is 17.2 Å². The molecule has 0 aliphatic heterocycles. The van der Waals surface area contributed by atoms with Crippen LogP contribution in [0.2, 0.25) is 10.0 Å². The summed E-state index contributed by atoms with van der Waals surface area (Å²) in [5.41, 5.74) is 3.05. The molecule has 0 aliphatic carbocycles. The number of aryl methyl sites for hydroxylation is 2. The van der Waals surface area contributed by atoms with E-state index in [0.717, 1.165) is 11.1 Å². The molecule has 0 saturated carbocycles. The smallest absolute Gasteiger partial charge is 0.306 e. The van der Waals surface area contributed by atoms with Gasteiger partial charge in [-0.2, -0.15) is 0 Å². The summed E-state index contributed by atoms with van der Waals surface area (Å²) in [6, 6.07) is 10.3. The van der Waals surface area contributed by atoms with Gasteiger partial charge in [-0.25, -0.2) is 0 Å². The third-order valence-electron chi connectivity index (χ3n) is 3.79. The highest BCUT2D eigenvalue weighted by Crippen LogP contribution is 2.25. The predicted molar refractivity (Wildman–Crippen MR) is 110 cm³/mol. The number of carbonyl (C=O) groups is 3. The Bertz CT molecular complexity index is 900. The molecule has 8 heteroatoms. The molecule has 0 radical (unpaired) electrons. The van der Waals surface area contributed by atoms with Gasteiger partial charge in [0.15, 0.2) is 6.61 Å². The molecule has 2 amide bonds. The number of ether oxygens (including phenoxy) is 1. The first-order chi connectivity index (χ1) is 13.2. The zero-order valence-electron chi connectivity index (χ0n) is 15.5. The Balaban J connectivity index is 1.73. The van der Waals surface area contributed by atoms with Crippen LogP contribution in [0.25, 0.3) is 0 Å². The van der Waals surface area contributed by atoms with Crippen molar-refractivity contribution >= 4 is 52.4 Å². The fourth-order valence-corrected chi connectivity index (χ4v) is 2.59. The highest BCUT2D eigenvalue weighted by Gasteiger charge is 2.12. The van der Waals surface area contributed by atoms with Crippen LogP contribution in [0.4, 0.5) is 11.4 Å². The molecule has 0 aliphatic rings. The Morgan fingerprint density at radius 2 is 1.64 bits per heavy atom. The van der Waals surface area contributed by atoms with Crippen molar-refractivity contribution in [2.45, 2.75) is 26.7 Å². The van der Waals surface area contributed by atoms with E-state index in [0.29, 0.717) is 21.4 Å². The maximum atomic E-state index is 11.9. The van der Waals surface area contributed by atoms with Gasteiger partial charge in [0, 0.05) is 17.8 Å². The third kappa shape index (κ3) is 6.87. The van der Waals surface area contributed by atoms with Crippen LogP contribution in [0.1, 0.15) is 24.0 Å². The molecule has 2 rings (SSSR count). The number of anilines is 2. The van der Waals surface area contributed by atoms with Crippen molar-refractivity contribution < 1.29 is 19.1 Å². The average molecular weight is 423 g/mol.